The van der Waals surface area contributed by atoms with Gasteiger partial charge in [-0.25, -0.2) is 9.48 Å². The minimum Gasteiger partial charge on any atom is -0.379 e. The van der Waals surface area contributed by atoms with Crippen molar-refractivity contribution in [3.05, 3.63) is 5.82 Å². The van der Waals surface area contributed by atoms with Gasteiger partial charge < -0.3 is 9.64 Å². The topological polar surface area (TPSA) is 72.3 Å². The number of aromatic nitrogens is 3. The highest BCUT2D eigenvalue weighted by Crippen LogP contribution is 2.36. The van der Waals surface area contributed by atoms with E-state index in [0.29, 0.717) is 12.6 Å². The van der Waals surface area contributed by atoms with Gasteiger partial charge in [0.05, 0.1) is 12.1 Å². The van der Waals surface area contributed by atoms with Crippen molar-refractivity contribution in [3.8, 4) is 0 Å². The van der Waals surface area contributed by atoms with Crippen molar-refractivity contribution in [2.45, 2.75) is 57.0 Å². The van der Waals surface area contributed by atoms with Crippen molar-refractivity contribution in [1.29, 1.82) is 0 Å². The van der Waals surface area contributed by atoms with E-state index < -0.39 is 0 Å². The lowest BCUT2D eigenvalue weighted by Gasteiger charge is -2.40. The largest absolute Gasteiger partial charge is 0.379 e. The van der Waals surface area contributed by atoms with Gasteiger partial charge in [-0.05, 0) is 38.5 Å². The molecule has 1 spiro atoms. The lowest BCUT2D eigenvalue weighted by atomic mass is 9.90. The molecule has 3 aliphatic rings. The average molecular weight is 305 g/mol. The summed E-state index contributed by atoms with van der Waals surface area (Å²) in [6, 6.07) is -0.0778. The van der Waals surface area contributed by atoms with Gasteiger partial charge in [-0.1, -0.05) is 0 Å². The van der Waals surface area contributed by atoms with Crippen LogP contribution in [0.1, 0.15) is 44.3 Å². The molecular weight excluding hydrogens is 282 g/mol. The minimum absolute atomic E-state index is 0.0778. The van der Waals surface area contributed by atoms with Gasteiger partial charge in [0, 0.05) is 26.1 Å². The third-order valence-electron chi connectivity index (χ3n) is 5.13. The predicted molar refractivity (Wildman–Crippen MR) is 80.7 cm³/mol. The van der Waals surface area contributed by atoms with Gasteiger partial charge in [-0.2, -0.15) is 4.98 Å². The van der Waals surface area contributed by atoms with Crippen LogP contribution in [0.5, 0.6) is 0 Å². The Kier molecular flexibility index (Phi) is 3.52. The highest BCUT2D eigenvalue weighted by atomic mass is 16.5. The van der Waals surface area contributed by atoms with Gasteiger partial charge in [0.15, 0.2) is 0 Å². The lowest BCUT2D eigenvalue weighted by Crippen LogP contribution is -2.53. The Bertz CT molecular complexity index is 541. The lowest BCUT2D eigenvalue weighted by molar-refractivity contribution is -0.0115. The van der Waals surface area contributed by atoms with E-state index >= 15 is 0 Å². The summed E-state index contributed by atoms with van der Waals surface area (Å²) in [6.45, 7) is 3.17. The first-order valence-electron chi connectivity index (χ1n) is 8.37. The number of urea groups is 1. The number of hydrogen-bond acceptors (Lipinski definition) is 4. The number of amides is 2. The minimum atomic E-state index is -0.109. The van der Waals surface area contributed by atoms with Gasteiger partial charge in [0.2, 0.25) is 5.95 Å². The first-order chi connectivity index (χ1) is 10.8. The molecule has 1 aromatic heterocycles. The smallest absolute Gasteiger partial charge is 0.324 e. The number of fused-ring (bicyclic) bond motifs is 1. The van der Waals surface area contributed by atoms with E-state index in [-0.39, 0.29) is 11.6 Å². The number of anilines is 1. The molecule has 0 radical (unpaired) electrons. The number of nitrogens with zero attached hydrogens (tertiary/aromatic N) is 4. The van der Waals surface area contributed by atoms with E-state index in [1.165, 1.54) is 0 Å². The van der Waals surface area contributed by atoms with E-state index in [2.05, 4.69) is 15.4 Å². The Hall–Kier alpha value is -1.63. The summed E-state index contributed by atoms with van der Waals surface area (Å²) < 4.78 is 7.57. The number of rotatable bonds is 1. The molecule has 22 heavy (non-hydrogen) atoms. The van der Waals surface area contributed by atoms with Gasteiger partial charge >= 0.3 is 6.03 Å². The van der Waals surface area contributed by atoms with Crippen LogP contribution in [0.15, 0.2) is 0 Å². The van der Waals surface area contributed by atoms with E-state index in [1.807, 2.05) is 9.58 Å². The maximum absolute atomic E-state index is 12.7. The highest BCUT2D eigenvalue weighted by Gasteiger charge is 2.45. The predicted octanol–water partition coefficient (Wildman–Crippen LogP) is 1.79. The summed E-state index contributed by atoms with van der Waals surface area (Å²) in [5.74, 6) is 1.43. The zero-order valence-electron chi connectivity index (χ0n) is 12.9. The summed E-state index contributed by atoms with van der Waals surface area (Å²) in [4.78, 5) is 19.1. The highest BCUT2D eigenvalue weighted by molar-refractivity contribution is 5.88. The number of nitrogens with one attached hydrogen (secondary N) is 1. The molecule has 4 heterocycles. The van der Waals surface area contributed by atoms with Crippen molar-refractivity contribution < 1.29 is 9.53 Å². The first-order valence-corrected chi connectivity index (χ1v) is 8.37. The molecule has 1 N–H and O–H groups in total. The molecule has 4 rings (SSSR count). The number of aryl methyl sites for hydroxylation is 2. The Labute approximate surface area is 130 Å². The second-order valence-corrected chi connectivity index (χ2v) is 6.60. The van der Waals surface area contributed by atoms with Crippen LogP contribution >= 0.6 is 0 Å². The standard InChI is InChI=1S/C15H23N5O2/c21-14(17-13-16-12-5-1-2-9-20(12)18-13)19-8-3-6-15(19)7-4-10-22-11-15/h1-11H2,(H,17,18,21). The summed E-state index contributed by atoms with van der Waals surface area (Å²) in [5, 5.41) is 7.31. The Morgan fingerprint density at radius 1 is 1.18 bits per heavy atom. The molecule has 0 bridgehead atoms. The molecule has 2 fully saturated rings. The number of carbonyl (C=O) groups is 1. The third-order valence-corrected chi connectivity index (χ3v) is 5.13. The van der Waals surface area contributed by atoms with Gasteiger partial charge in [-0.15, -0.1) is 5.10 Å². The summed E-state index contributed by atoms with van der Waals surface area (Å²) in [5.41, 5.74) is -0.109. The molecule has 1 unspecified atom stereocenters. The molecule has 0 aliphatic carbocycles. The normalized spacial score (nSPS) is 27.9. The zero-order chi connectivity index (χ0) is 15.0. The molecule has 0 saturated carbocycles. The van der Waals surface area contributed by atoms with Crippen LogP contribution in [-0.4, -0.2) is 51.0 Å². The Morgan fingerprint density at radius 2 is 2.09 bits per heavy atom. The number of likely N-dealkylation sites (tertiary alicyclic amines) is 1. The van der Waals surface area contributed by atoms with Crippen LogP contribution in [0.4, 0.5) is 10.7 Å². The van der Waals surface area contributed by atoms with E-state index in [9.17, 15) is 4.79 Å². The van der Waals surface area contributed by atoms with Crippen molar-refractivity contribution in [2.24, 2.45) is 0 Å². The van der Waals surface area contributed by atoms with E-state index in [1.54, 1.807) is 0 Å². The summed E-state index contributed by atoms with van der Waals surface area (Å²) in [7, 11) is 0. The van der Waals surface area contributed by atoms with Crippen molar-refractivity contribution in [2.75, 3.05) is 25.1 Å². The van der Waals surface area contributed by atoms with Crippen molar-refractivity contribution in [3.63, 3.8) is 0 Å². The van der Waals surface area contributed by atoms with Crippen LogP contribution in [-0.2, 0) is 17.7 Å². The fourth-order valence-corrected chi connectivity index (χ4v) is 4.00. The SMILES string of the molecule is O=C(Nc1nc2n(n1)CCCC2)N1CCCC12CCCOC2. The molecule has 7 heteroatoms. The Morgan fingerprint density at radius 3 is 2.91 bits per heavy atom. The molecule has 3 aliphatic heterocycles. The van der Waals surface area contributed by atoms with Gasteiger partial charge in [0.1, 0.15) is 5.82 Å². The van der Waals surface area contributed by atoms with Crippen LogP contribution < -0.4 is 5.32 Å². The molecule has 7 nitrogen and oxygen atoms in total. The van der Waals surface area contributed by atoms with Crippen LogP contribution in [0.25, 0.3) is 0 Å². The number of ether oxygens (including phenoxy) is 1. The van der Waals surface area contributed by atoms with E-state index in [4.69, 9.17) is 4.74 Å². The molecule has 2 amide bonds. The second kappa shape index (κ2) is 5.53. The maximum atomic E-state index is 12.7. The van der Waals surface area contributed by atoms with Crippen LogP contribution in [0.3, 0.4) is 0 Å². The van der Waals surface area contributed by atoms with Gasteiger partial charge in [0.25, 0.3) is 0 Å². The van der Waals surface area contributed by atoms with Crippen molar-refractivity contribution >= 4 is 12.0 Å². The first kappa shape index (κ1) is 14.0. The quantitative estimate of drug-likeness (QED) is 0.858. The van der Waals surface area contributed by atoms with E-state index in [0.717, 1.165) is 70.5 Å². The fourth-order valence-electron chi connectivity index (χ4n) is 4.00. The van der Waals surface area contributed by atoms with Crippen LogP contribution in [0, 0.1) is 0 Å². The van der Waals surface area contributed by atoms with Crippen molar-refractivity contribution in [1.82, 2.24) is 19.7 Å². The summed E-state index contributed by atoms with van der Waals surface area (Å²) >= 11 is 0. The maximum Gasteiger partial charge on any atom is 0.324 e. The molecular formula is C15H23N5O2. The molecule has 2 saturated heterocycles. The monoisotopic (exact) mass is 305 g/mol. The molecule has 1 aromatic rings. The zero-order valence-corrected chi connectivity index (χ0v) is 12.9. The van der Waals surface area contributed by atoms with Crippen LogP contribution in [0.2, 0.25) is 0 Å². The third kappa shape index (κ3) is 2.37. The Balaban J connectivity index is 1.48. The summed E-state index contributed by atoms with van der Waals surface area (Å²) in [6.07, 6.45) is 7.38. The molecule has 120 valence electrons. The number of hydrogen-bond donors (Lipinski definition) is 1. The second-order valence-electron chi connectivity index (χ2n) is 6.60. The molecule has 0 aromatic carbocycles. The number of carbonyl (C=O) groups excluding carboxylic acids is 1. The average Bonchev–Trinajstić information content (AvgIpc) is 3.11. The van der Waals surface area contributed by atoms with Gasteiger partial charge in [-0.3, -0.25) is 5.32 Å². The molecule has 1 atom stereocenters. The fraction of sp³-hybridized carbons (Fsp3) is 0.800.